The molecular weight excluding hydrogens is 482 g/mol. The van der Waals surface area contributed by atoms with Gasteiger partial charge in [0, 0.05) is 52.5 Å². The summed E-state index contributed by atoms with van der Waals surface area (Å²) in [6, 6.07) is 9.28. The number of likely N-dealkylation sites (N-methyl/N-ethyl adjacent to an activating group) is 1. The van der Waals surface area contributed by atoms with Gasteiger partial charge in [0.05, 0.1) is 0 Å². The zero-order valence-electron chi connectivity index (χ0n) is 17.3. The van der Waals surface area contributed by atoms with E-state index in [1.54, 1.807) is 20.0 Å². The second kappa shape index (κ2) is 11.3. The van der Waals surface area contributed by atoms with Gasteiger partial charge in [-0.2, -0.15) is 0 Å². The van der Waals surface area contributed by atoms with Crippen LogP contribution >= 0.6 is 24.0 Å². The van der Waals surface area contributed by atoms with Crippen molar-refractivity contribution in [2.24, 2.45) is 4.99 Å². The van der Waals surface area contributed by atoms with Gasteiger partial charge in [-0.25, -0.2) is 9.37 Å². The molecule has 2 N–H and O–H groups in total. The molecule has 8 heteroatoms. The Morgan fingerprint density at radius 3 is 2.34 bits per heavy atom. The van der Waals surface area contributed by atoms with E-state index in [0.29, 0.717) is 24.6 Å². The molecule has 1 aromatic heterocycles. The van der Waals surface area contributed by atoms with E-state index in [-0.39, 0.29) is 29.8 Å². The van der Waals surface area contributed by atoms with Gasteiger partial charge in [0.15, 0.2) is 5.96 Å². The van der Waals surface area contributed by atoms with Gasteiger partial charge in [-0.3, -0.25) is 4.99 Å². The summed E-state index contributed by atoms with van der Waals surface area (Å²) in [7, 11) is 3.89. The number of aryl methyl sites for hydroxylation is 1. The number of hydrogen-bond donors (Lipinski definition) is 2. The number of nitrogens with one attached hydrogen (secondary N) is 2. The molecule has 1 saturated heterocycles. The molecule has 0 atom stereocenters. The van der Waals surface area contributed by atoms with E-state index in [1.807, 2.05) is 18.3 Å². The van der Waals surface area contributed by atoms with Crippen LogP contribution in [0.2, 0.25) is 0 Å². The number of guanidine groups is 1. The second-order valence-electron chi connectivity index (χ2n) is 7.18. The van der Waals surface area contributed by atoms with E-state index in [4.69, 9.17) is 0 Å². The lowest BCUT2D eigenvalue weighted by atomic mass is 10.1. The van der Waals surface area contributed by atoms with E-state index in [9.17, 15) is 4.39 Å². The Morgan fingerprint density at radius 1 is 1.07 bits per heavy atom. The molecule has 3 rings (SSSR count). The van der Waals surface area contributed by atoms with Crippen LogP contribution in [-0.4, -0.2) is 56.1 Å². The van der Waals surface area contributed by atoms with Crippen LogP contribution in [0.1, 0.15) is 16.7 Å². The maximum atomic E-state index is 13.4. The molecule has 0 amide bonds. The van der Waals surface area contributed by atoms with Crippen LogP contribution in [0, 0.1) is 12.7 Å². The molecule has 0 unspecified atom stereocenters. The van der Waals surface area contributed by atoms with Crippen LogP contribution < -0.4 is 15.5 Å². The summed E-state index contributed by atoms with van der Waals surface area (Å²) in [5.41, 5.74) is 2.82. The summed E-state index contributed by atoms with van der Waals surface area (Å²) in [5, 5.41) is 6.60. The fourth-order valence-electron chi connectivity index (χ4n) is 3.19. The van der Waals surface area contributed by atoms with Crippen molar-refractivity contribution < 1.29 is 4.39 Å². The van der Waals surface area contributed by atoms with E-state index in [2.05, 4.69) is 43.5 Å². The first kappa shape index (κ1) is 23.3. The van der Waals surface area contributed by atoms with Gasteiger partial charge < -0.3 is 20.4 Å². The first-order valence-electron chi connectivity index (χ1n) is 9.63. The van der Waals surface area contributed by atoms with Gasteiger partial charge in [-0.15, -0.1) is 24.0 Å². The van der Waals surface area contributed by atoms with E-state index < -0.39 is 0 Å². The van der Waals surface area contributed by atoms with Crippen molar-refractivity contribution in [3.63, 3.8) is 0 Å². The Morgan fingerprint density at radius 2 is 1.72 bits per heavy atom. The number of rotatable bonds is 5. The van der Waals surface area contributed by atoms with Crippen LogP contribution in [0.4, 0.5) is 10.2 Å². The number of aliphatic imine (C=N–C) groups is 1. The number of aromatic nitrogens is 1. The Bertz CT molecular complexity index is 821. The van der Waals surface area contributed by atoms with Crippen molar-refractivity contribution in [2.45, 2.75) is 20.0 Å². The highest BCUT2D eigenvalue weighted by atomic mass is 127. The maximum Gasteiger partial charge on any atom is 0.191 e. The second-order valence-corrected chi connectivity index (χ2v) is 7.18. The SMILES string of the molecule is CN=C(NCc1ccnc(N2CCN(C)CC2)c1)NCc1ccc(F)c(C)c1.I. The molecule has 29 heavy (non-hydrogen) atoms. The minimum atomic E-state index is -0.180. The number of halogens is 2. The van der Waals surface area contributed by atoms with Gasteiger partial charge in [-0.1, -0.05) is 12.1 Å². The molecule has 0 radical (unpaired) electrons. The number of hydrogen-bond acceptors (Lipinski definition) is 4. The minimum Gasteiger partial charge on any atom is -0.354 e. The molecule has 0 saturated carbocycles. The smallest absolute Gasteiger partial charge is 0.191 e. The molecular formula is C21H30FIN6. The number of nitrogens with zero attached hydrogens (tertiary/aromatic N) is 4. The van der Waals surface area contributed by atoms with E-state index in [1.165, 1.54) is 6.07 Å². The first-order valence-corrected chi connectivity index (χ1v) is 9.63. The molecule has 0 spiro atoms. The first-order chi connectivity index (χ1) is 13.5. The Kier molecular flexibility index (Phi) is 9.09. The summed E-state index contributed by atoms with van der Waals surface area (Å²) in [4.78, 5) is 13.5. The molecule has 1 fully saturated rings. The van der Waals surface area contributed by atoms with Crippen LogP contribution in [0.15, 0.2) is 41.5 Å². The maximum absolute atomic E-state index is 13.4. The Labute approximate surface area is 189 Å². The average molecular weight is 512 g/mol. The summed E-state index contributed by atoms with van der Waals surface area (Å²) in [5.74, 6) is 1.55. The van der Waals surface area contributed by atoms with Crippen LogP contribution in [-0.2, 0) is 13.1 Å². The van der Waals surface area contributed by atoms with Crippen LogP contribution in [0.5, 0.6) is 0 Å². The van der Waals surface area contributed by atoms with Crippen molar-refractivity contribution in [3.8, 4) is 0 Å². The highest BCUT2D eigenvalue weighted by molar-refractivity contribution is 14.0. The average Bonchev–Trinajstić information content (AvgIpc) is 2.71. The van der Waals surface area contributed by atoms with E-state index >= 15 is 0 Å². The van der Waals surface area contributed by atoms with Gasteiger partial charge in [-0.05, 0) is 48.9 Å². The zero-order valence-corrected chi connectivity index (χ0v) is 19.6. The molecule has 6 nitrogen and oxygen atoms in total. The number of piperazine rings is 1. The fourth-order valence-corrected chi connectivity index (χ4v) is 3.19. The third-order valence-electron chi connectivity index (χ3n) is 5.00. The topological polar surface area (TPSA) is 55.8 Å². The molecule has 2 aromatic rings. The largest absolute Gasteiger partial charge is 0.354 e. The Hall–Kier alpha value is -1.94. The molecule has 1 aliphatic heterocycles. The molecule has 158 valence electrons. The lowest BCUT2D eigenvalue weighted by molar-refractivity contribution is 0.312. The van der Waals surface area contributed by atoms with Crippen LogP contribution in [0.3, 0.4) is 0 Å². The highest BCUT2D eigenvalue weighted by Crippen LogP contribution is 2.14. The number of pyridine rings is 1. The van der Waals surface area contributed by atoms with Crippen molar-refractivity contribution in [1.82, 2.24) is 20.5 Å². The standard InChI is InChI=1S/C21H29FN6.HI/c1-16-12-17(4-5-19(16)22)14-25-21(23-2)26-15-18-6-7-24-20(13-18)28-10-8-27(3)9-11-28;/h4-7,12-13H,8-11,14-15H2,1-3H3,(H2,23,25,26);1H. The lowest BCUT2D eigenvalue weighted by Gasteiger charge is -2.33. The summed E-state index contributed by atoms with van der Waals surface area (Å²) in [6.07, 6.45) is 1.86. The lowest BCUT2D eigenvalue weighted by Crippen LogP contribution is -2.44. The van der Waals surface area contributed by atoms with E-state index in [0.717, 1.165) is 43.1 Å². The molecule has 0 bridgehead atoms. The number of benzene rings is 1. The van der Waals surface area contributed by atoms with Gasteiger partial charge >= 0.3 is 0 Å². The molecule has 1 aromatic carbocycles. The third-order valence-corrected chi connectivity index (χ3v) is 5.00. The van der Waals surface area contributed by atoms with Crippen LogP contribution in [0.25, 0.3) is 0 Å². The summed E-state index contributed by atoms with van der Waals surface area (Å²) in [6.45, 7) is 7.14. The van der Waals surface area contributed by atoms with Crippen molar-refractivity contribution in [1.29, 1.82) is 0 Å². The monoisotopic (exact) mass is 512 g/mol. The Balaban J connectivity index is 0.00000300. The molecule has 1 aliphatic rings. The van der Waals surface area contributed by atoms with Gasteiger partial charge in [0.25, 0.3) is 0 Å². The van der Waals surface area contributed by atoms with Gasteiger partial charge in [0.1, 0.15) is 11.6 Å². The summed E-state index contributed by atoms with van der Waals surface area (Å²) < 4.78 is 13.4. The van der Waals surface area contributed by atoms with Crippen molar-refractivity contribution in [2.75, 3.05) is 45.2 Å². The molecule has 2 heterocycles. The molecule has 0 aliphatic carbocycles. The quantitative estimate of drug-likeness (QED) is 0.367. The minimum absolute atomic E-state index is 0. The highest BCUT2D eigenvalue weighted by Gasteiger charge is 2.15. The summed E-state index contributed by atoms with van der Waals surface area (Å²) >= 11 is 0. The predicted octanol–water partition coefficient (Wildman–Crippen LogP) is 2.76. The normalized spacial score (nSPS) is 15.0. The van der Waals surface area contributed by atoms with Gasteiger partial charge in [0.2, 0.25) is 0 Å². The zero-order chi connectivity index (χ0) is 19.9. The van der Waals surface area contributed by atoms with Crippen molar-refractivity contribution in [3.05, 3.63) is 59.0 Å². The number of anilines is 1. The van der Waals surface area contributed by atoms with Crippen molar-refractivity contribution >= 4 is 35.8 Å². The predicted molar refractivity (Wildman–Crippen MR) is 128 cm³/mol. The third kappa shape index (κ3) is 6.81. The fraction of sp³-hybridized carbons (Fsp3) is 0.429.